The summed E-state index contributed by atoms with van der Waals surface area (Å²) in [4.78, 5) is 24.5. The van der Waals surface area contributed by atoms with Gasteiger partial charge in [-0.05, 0) is 60.7 Å². The molecule has 6 rings (SSSR count). The zero-order chi connectivity index (χ0) is 24.5. The van der Waals surface area contributed by atoms with Gasteiger partial charge in [0.05, 0.1) is 33.7 Å². The summed E-state index contributed by atoms with van der Waals surface area (Å²) in [7, 11) is 0. The fourth-order valence-corrected chi connectivity index (χ4v) is 5.82. The minimum Gasteiger partial charge on any atom is -0.352 e. The Hall–Kier alpha value is -4.08. The van der Waals surface area contributed by atoms with Crippen LogP contribution in [0.2, 0.25) is 0 Å². The Bertz CT molecular complexity index is 1500. The van der Waals surface area contributed by atoms with Gasteiger partial charge in [-0.3, -0.25) is 14.3 Å². The van der Waals surface area contributed by atoms with Gasteiger partial charge in [-0.15, -0.1) is 0 Å². The van der Waals surface area contributed by atoms with Gasteiger partial charge in [-0.1, -0.05) is 47.7 Å². The number of amides is 1. The number of rotatable bonds is 6. The molecular weight excluding hydrogens is 488 g/mol. The third-order valence-corrected chi connectivity index (χ3v) is 7.53. The highest BCUT2D eigenvalue weighted by atomic mass is 32.1. The van der Waals surface area contributed by atoms with Crippen LogP contribution in [0.1, 0.15) is 23.5 Å². The number of anilines is 1. The van der Waals surface area contributed by atoms with E-state index in [1.54, 1.807) is 17.5 Å². The molecule has 0 saturated carbocycles. The molecule has 1 fully saturated rings. The lowest BCUT2D eigenvalue weighted by molar-refractivity contribution is -0.116. The van der Waals surface area contributed by atoms with Crippen LogP contribution in [-0.2, 0) is 4.79 Å². The van der Waals surface area contributed by atoms with Crippen molar-refractivity contribution in [3.8, 4) is 5.13 Å². The summed E-state index contributed by atoms with van der Waals surface area (Å²) in [6.07, 6.45) is 3.78. The number of thiocarbonyl (C=S) groups is 1. The zero-order valence-corrected chi connectivity index (χ0v) is 20.7. The van der Waals surface area contributed by atoms with Crippen LogP contribution in [0.25, 0.3) is 15.3 Å². The molecule has 36 heavy (non-hydrogen) atoms. The van der Waals surface area contributed by atoms with E-state index in [1.165, 1.54) is 0 Å². The molecular formula is C27H22N6OS2. The van der Waals surface area contributed by atoms with Crippen molar-refractivity contribution >= 4 is 50.5 Å². The van der Waals surface area contributed by atoms with Crippen LogP contribution in [0.15, 0.2) is 97.3 Å². The standard InChI is InChI=1S/C27H22N6OS2/c34-23(29-18-9-2-1-3-10-18)17-33-25(24(31-26(33)35)20-12-6-7-15-28-20)21-13-8-16-32(21)27-30-19-11-4-5-14-22(19)36-27/h1-16,24-25H,17H2,(H,29,34)(H,31,35). The molecule has 4 heterocycles. The second-order valence-electron chi connectivity index (χ2n) is 8.44. The number of hydrogen-bond donors (Lipinski definition) is 2. The number of nitrogens with one attached hydrogen (secondary N) is 2. The summed E-state index contributed by atoms with van der Waals surface area (Å²) < 4.78 is 3.20. The summed E-state index contributed by atoms with van der Waals surface area (Å²) in [5, 5.41) is 7.76. The number of aromatic nitrogens is 3. The average molecular weight is 511 g/mol. The van der Waals surface area contributed by atoms with Gasteiger partial charge in [0.15, 0.2) is 10.2 Å². The predicted octanol–water partition coefficient (Wildman–Crippen LogP) is 5.09. The van der Waals surface area contributed by atoms with E-state index in [2.05, 4.69) is 32.3 Å². The minimum absolute atomic E-state index is 0.0970. The summed E-state index contributed by atoms with van der Waals surface area (Å²) in [6, 6.07) is 26.9. The molecule has 178 valence electrons. The lowest BCUT2D eigenvalue weighted by Gasteiger charge is -2.28. The van der Waals surface area contributed by atoms with Crippen molar-refractivity contribution in [2.75, 3.05) is 11.9 Å². The first kappa shape index (κ1) is 22.4. The Balaban J connectivity index is 1.38. The van der Waals surface area contributed by atoms with Crippen LogP contribution in [-0.4, -0.2) is 37.0 Å². The van der Waals surface area contributed by atoms with Crippen LogP contribution in [0.3, 0.4) is 0 Å². The summed E-state index contributed by atoms with van der Waals surface area (Å²) >= 11 is 7.38. The van der Waals surface area contributed by atoms with Crippen LogP contribution in [0, 0.1) is 0 Å². The monoisotopic (exact) mass is 510 g/mol. The van der Waals surface area contributed by atoms with Gasteiger partial charge in [0.2, 0.25) is 5.91 Å². The van der Waals surface area contributed by atoms with Crippen LogP contribution in [0.4, 0.5) is 5.69 Å². The number of pyridine rings is 1. The molecule has 3 aromatic heterocycles. The Kier molecular flexibility index (Phi) is 5.92. The molecule has 2 atom stereocenters. The molecule has 0 radical (unpaired) electrons. The zero-order valence-electron chi connectivity index (χ0n) is 19.1. The number of nitrogens with zero attached hydrogens (tertiary/aromatic N) is 4. The minimum atomic E-state index is -0.268. The molecule has 1 saturated heterocycles. The van der Waals surface area contributed by atoms with Gasteiger partial charge in [0, 0.05) is 18.1 Å². The molecule has 2 aromatic carbocycles. The highest BCUT2D eigenvalue weighted by molar-refractivity contribution is 7.80. The topological polar surface area (TPSA) is 75.1 Å². The SMILES string of the molecule is O=C(CN1C(=S)NC(c2ccccn2)C1c1cccn1-c1nc2ccccc2s1)Nc1ccccc1. The van der Waals surface area contributed by atoms with Gasteiger partial charge < -0.3 is 15.5 Å². The molecule has 2 N–H and O–H groups in total. The molecule has 5 aromatic rings. The smallest absolute Gasteiger partial charge is 0.244 e. The summed E-state index contributed by atoms with van der Waals surface area (Å²) in [6.45, 7) is 0.0970. The molecule has 9 heteroatoms. The highest BCUT2D eigenvalue weighted by Crippen LogP contribution is 2.40. The third-order valence-electron chi connectivity index (χ3n) is 6.14. The summed E-state index contributed by atoms with van der Waals surface area (Å²) in [5.74, 6) is -0.143. The number of carbonyl (C=O) groups is 1. The first-order valence-corrected chi connectivity index (χ1v) is 12.8. The van der Waals surface area contributed by atoms with Crippen molar-refractivity contribution < 1.29 is 4.79 Å². The van der Waals surface area contributed by atoms with Crippen molar-refractivity contribution in [1.29, 1.82) is 0 Å². The van der Waals surface area contributed by atoms with Crippen LogP contribution in [0.5, 0.6) is 0 Å². The van der Waals surface area contributed by atoms with E-state index in [0.29, 0.717) is 5.11 Å². The average Bonchev–Trinajstić information content (AvgIpc) is 3.62. The molecule has 0 spiro atoms. The number of hydrogen-bond acceptors (Lipinski definition) is 5. The number of benzene rings is 2. The Morgan fingerprint density at radius 3 is 2.61 bits per heavy atom. The van der Waals surface area contributed by atoms with E-state index in [9.17, 15) is 4.79 Å². The van der Waals surface area contributed by atoms with E-state index in [-0.39, 0.29) is 24.5 Å². The second-order valence-corrected chi connectivity index (χ2v) is 9.83. The Morgan fingerprint density at radius 2 is 1.81 bits per heavy atom. The fraction of sp³-hybridized carbons (Fsp3) is 0.111. The number of thiazole rings is 1. The lowest BCUT2D eigenvalue weighted by atomic mass is 10.0. The van der Waals surface area contributed by atoms with E-state index >= 15 is 0 Å². The maximum absolute atomic E-state index is 13.1. The van der Waals surface area contributed by atoms with Crippen molar-refractivity contribution in [2.45, 2.75) is 12.1 Å². The first-order valence-electron chi connectivity index (χ1n) is 11.5. The van der Waals surface area contributed by atoms with E-state index in [0.717, 1.165) is 32.4 Å². The maximum Gasteiger partial charge on any atom is 0.244 e. The van der Waals surface area contributed by atoms with Gasteiger partial charge in [0.25, 0.3) is 0 Å². The van der Waals surface area contributed by atoms with Gasteiger partial charge in [0.1, 0.15) is 6.54 Å². The van der Waals surface area contributed by atoms with Crippen molar-refractivity contribution in [1.82, 2.24) is 24.8 Å². The van der Waals surface area contributed by atoms with Gasteiger partial charge in [-0.25, -0.2) is 4.98 Å². The largest absolute Gasteiger partial charge is 0.352 e. The number of para-hydroxylation sites is 2. The highest BCUT2D eigenvalue weighted by Gasteiger charge is 2.42. The number of carbonyl (C=O) groups excluding carboxylic acids is 1. The normalized spacial score (nSPS) is 17.3. The fourth-order valence-electron chi connectivity index (χ4n) is 4.55. The van der Waals surface area contributed by atoms with E-state index in [1.807, 2.05) is 83.9 Å². The molecule has 0 bridgehead atoms. The maximum atomic E-state index is 13.1. The lowest BCUT2D eigenvalue weighted by Crippen LogP contribution is -2.37. The third kappa shape index (κ3) is 4.23. The molecule has 1 amide bonds. The Labute approximate surface area is 217 Å². The van der Waals surface area contributed by atoms with E-state index < -0.39 is 0 Å². The predicted molar refractivity (Wildman–Crippen MR) is 146 cm³/mol. The van der Waals surface area contributed by atoms with Crippen LogP contribution < -0.4 is 10.6 Å². The molecule has 0 aliphatic carbocycles. The summed E-state index contributed by atoms with van der Waals surface area (Å²) in [5.41, 5.74) is 3.53. The molecule has 2 unspecified atom stereocenters. The van der Waals surface area contributed by atoms with Crippen molar-refractivity contribution in [2.24, 2.45) is 0 Å². The van der Waals surface area contributed by atoms with Crippen LogP contribution >= 0.6 is 23.6 Å². The first-order chi connectivity index (χ1) is 17.7. The van der Waals surface area contributed by atoms with Gasteiger partial charge >= 0.3 is 0 Å². The second kappa shape index (κ2) is 9.52. The van der Waals surface area contributed by atoms with Crippen molar-refractivity contribution in [3.63, 3.8) is 0 Å². The van der Waals surface area contributed by atoms with Gasteiger partial charge in [-0.2, -0.15) is 0 Å². The molecule has 1 aliphatic heterocycles. The van der Waals surface area contributed by atoms with E-state index in [4.69, 9.17) is 17.2 Å². The number of fused-ring (bicyclic) bond motifs is 1. The quantitative estimate of drug-likeness (QED) is 0.310. The van der Waals surface area contributed by atoms with Crippen molar-refractivity contribution in [3.05, 3.63) is 109 Å². The Morgan fingerprint density at radius 1 is 1.00 bits per heavy atom. The molecule has 1 aliphatic rings. The molecule has 7 nitrogen and oxygen atoms in total.